The van der Waals surface area contributed by atoms with E-state index in [1.807, 2.05) is 44.9 Å². The van der Waals surface area contributed by atoms with Gasteiger partial charge in [0.05, 0.1) is 5.69 Å². The molecule has 34 heavy (non-hydrogen) atoms. The first-order valence-electron chi connectivity index (χ1n) is 10.9. The van der Waals surface area contributed by atoms with Crippen molar-refractivity contribution in [3.63, 3.8) is 0 Å². The van der Waals surface area contributed by atoms with Crippen molar-refractivity contribution in [2.75, 3.05) is 34.5 Å². The van der Waals surface area contributed by atoms with E-state index in [9.17, 15) is 14.0 Å². The molecule has 0 aliphatic carbocycles. The van der Waals surface area contributed by atoms with E-state index in [1.165, 1.54) is 24.3 Å². The van der Waals surface area contributed by atoms with Crippen molar-refractivity contribution in [3.8, 4) is 0 Å². The first-order chi connectivity index (χ1) is 16.1. The van der Waals surface area contributed by atoms with Crippen LogP contribution < -0.4 is 20.4 Å². The number of carbonyl (C=O) groups excluding carboxylic acids is 2. The van der Waals surface area contributed by atoms with Crippen molar-refractivity contribution in [1.82, 2.24) is 9.97 Å². The standard InChI is InChI=1S/C25H27FN6O2/c1-15-20-21(32(5)25(2,3)23(34)31(20)4)30-24(28-15)27-14-16-6-12-19(13-7-16)29-22(33)17-8-10-18(26)11-9-17/h6-13H,14H2,1-5H3,(H,29,33)(H,27,28,30). The Morgan fingerprint density at radius 3 is 2.32 bits per heavy atom. The number of halogens is 1. The molecular weight excluding hydrogens is 435 g/mol. The van der Waals surface area contributed by atoms with Gasteiger partial charge in [-0.1, -0.05) is 12.1 Å². The lowest BCUT2D eigenvalue weighted by molar-refractivity contribution is -0.122. The molecule has 0 atom stereocenters. The third kappa shape index (κ3) is 4.28. The van der Waals surface area contributed by atoms with Gasteiger partial charge in [-0.2, -0.15) is 4.98 Å². The number of nitrogens with one attached hydrogen (secondary N) is 2. The van der Waals surface area contributed by atoms with Gasteiger partial charge in [-0.3, -0.25) is 9.59 Å². The van der Waals surface area contributed by atoms with Crippen LogP contribution in [0.2, 0.25) is 0 Å². The summed E-state index contributed by atoms with van der Waals surface area (Å²) in [6, 6.07) is 12.8. The quantitative estimate of drug-likeness (QED) is 0.596. The summed E-state index contributed by atoms with van der Waals surface area (Å²) in [6.45, 7) is 6.08. The average molecular weight is 463 g/mol. The second kappa shape index (κ2) is 8.74. The van der Waals surface area contributed by atoms with Crippen molar-refractivity contribution in [2.45, 2.75) is 32.9 Å². The average Bonchev–Trinajstić information content (AvgIpc) is 2.81. The third-order valence-electron chi connectivity index (χ3n) is 6.13. The number of likely N-dealkylation sites (N-methyl/N-ethyl adjacent to an activating group) is 2. The molecule has 0 bridgehead atoms. The number of nitrogens with zero attached hydrogens (tertiary/aromatic N) is 4. The molecule has 0 saturated heterocycles. The highest BCUT2D eigenvalue weighted by Gasteiger charge is 2.43. The number of aryl methyl sites for hydroxylation is 1. The van der Waals surface area contributed by atoms with E-state index >= 15 is 0 Å². The zero-order valence-electron chi connectivity index (χ0n) is 19.8. The molecule has 0 fully saturated rings. The molecule has 0 saturated carbocycles. The number of hydrogen-bond acceptors (Lipinski definition) is 6. The van der Waals surface area contributed by atoms with Gasteiger partial charge in [-0.25, -0.2) is 9.37 Å². The van der Waals surface area contributed by atoms with E-state index in [-0.39, 0.29) is 17.6 Å². The Morgan fingerprint density at radius 2 is 1.68 bits per heavy atom. The molecule has 1 aromatic heterocycles. The molecule has 0 radical (unpaired) electrons. The Labute approximate surface area is 197 Å². The minimum atomic E-state index is -0.714. The van der Waals surface area contributed by atoms with Crippen LogP contribution in [0.25, 0.3) is 0 Å². The van der Waals surface area contributed by atoms with Crippen molar-refractivity contribution < 1.29 is 14.0 Å². The number of fused-ring (bicyclic) bond motifs is 1. The normalized spacial score (nSPS) is 14.6. The van der Waals surface area contributed by atoms with Gasteiger partial charge in [0.2, 0.25) is 5.95 Å². The number of amides is 2. The molecular formula is C25H27FN6O2. The Balaban J connectivity index is 1.44. The predicted octanol–water partition coefficient (Wildman–Crippen LogP) is 3.98. The lowest BCUT2D eigenvalue weighted by Gasteiger charge is -2.44. The summed E-state index contributed by atoms with van der Waals surface area (Å²) in [5.74, 6) is 0.458. The molecule has 8 nitrogen and oxygen atoms in total. The molecule has 1 aliphatic heterocycles. The summed E-state index contributed by atoms with van der Waals surface area (Å²) < 4.78 is 13.0. The van der Waals surface area contributed by atoms with Gasteiger partial charge >= 0.3 is 0 Å². The maximum atomic E-state index is 13.0. The van der Waals surface area contributed by atoms with Crippen LogP contribution in [0.1, 0.15) is 35.5 Å². The molecule has 2 aromatic carbocycles. The minimum Gasteiger partial charge on any atom is -0.350 e. The van der Waals surface area contributed by atoms with Crippen LogP contribution in [0, 0.1) is 12.7 Å². The second-order valence-corrected chi connectivity index (χ2v) is 8.80. The van der Waals surface area contributed by atoms with Crippen molar-refractivity contribution in [2.24, 2.45) is 0 Å². The molecule has 0 spiro atoms. The second-order valence-electron chi connectivity index (χ2n) is 8.80. The molecule has 2 amide bonds. The van der Waals surface area contributed by atoms with Gasteiger partial charge in [-0.05, 0) is 62.7 Å². The number of anilines is 4. The van der Waals surface area contributed by atoms with Gasteiger partial charge in [-0.15, -0.1) is 0 Å². The fraction of sp³-hybridized carbons (Fsp3) is 0.280. The molecule has 3 aromatic rings. The lowest BCUT2D eigenvalue weighted by atomic mass is 9.97. The zero-order valence-corrected chi connectivity index (χ0v) is 19.8. The van der Waals surface area contributed by atoms with E-state index in [0.29, 0.717) is 40.9 Å². The summed E-state index contributed by atoms with van der Waals surface area (Å²) >= 11 is 0. The van der Waals surface area contributed by atoms with Gasteiger partial charge in [0.25, 0.3) is 11.8 Å². The highest BCUT2D eigenvalue weighted by Crippen LogP contribution is 2.39. The molecule has 9 heteroatoms. The monoisotopic (exact) mass is 462 g/mol. The van der Waals surface area contributed by atoms with E-state index in [4.69, 9.17) is 0 Å². The zero-order chi connectivity index (χ0) is 24.6. The van der Waals surface area contributed by atoms with Crippen molar-refractivity contribution in [1.29, 1.82) is 0 Å². The van der Waals surface area contributed by atoms with Crippen LogP contribution in [-0.2, 0) is 11.3 Å². The highest BCUT2D eigenvalue weighted by atomic mass is 19.1. The molecule has 176 valence electrons. The Hall–Kier alpha value is -4.01. The fourth-order valence-electron chi connectivity index (χ4n) is 3.87. The van der Waals surface area contributed by atoms with Crippen molar-refractivity contribution in [3.05, 3.63) is 71.2 Å². The number of rotatable bonds is 5. The first-order valence-corrected chi connectivity index (χ1v) is 10.9. The summed E-state index contributed by atoms with van der Waals surface area (Å²) in [7, 11) is 3.61. The summed E-state index contributed by atoms with van der Waals surface area (Å²) in [5, 5.41) is 6.04. The number of aromatic nitrogens is 2. The van der Waals surface area contributed by atoms with Crippen LogP contribution in [0.4, 0.5) is 27.5 Å². The molecule has 2 heterocycles. The number of carbonyl (C=O) groups is 2. The number of hydrogen-bond donors (Lipinski definition) is 2. The van der Waals surface area contributed by atoms with Crippen LogP contribution >= 0.6 is 0 Å². The summed E-state index contributed by atoms with van der Waals surface area (Å²) in [6.07, 6.45) is 0. The maximum Gasteiger partial charge on any atom is 0.255 e. The Kier molecular flexibility index (Phi) is 5.95. The van der Waals surface area contributed by atoms with Gasteiger partial charge in [0.15, 0.2) is 5.82 Å². The van der Waals surface area contributed by atoms with E-state index in [2.05, 4.69) is 20.6 Å². The topological polar surface area (TPSA) is 90.5 Å². The smallest absolute Gasteiger partial charge is 0.255 e. The minimum absolute atomic E-state index is 0.0125. The van der Waals surface area contributed by atoms with Crippen LogP contribution in [0.5, 0.6) is 0 Å². The number of benzene rings is 2. The Bertz CT molecular complexity index is 1240. The third-order valence-corrected chi connectivity index (χ3v) is 6.13. The Morgan fingerprint density at radius 1 is 1.03 bits per heavy atom. The SMILES string of the molecule is Cc1nc(NCc2ccc(NC(=O)c3ccc(F)cc3)cc2)nc2c1N(C)C(=O)C(C)(C)N2C. The van der Waals surface area contributed by atoms with E-state index < -0.39 is 5.54 Å². The van der Waals surface area contributed by atoms with Crippen molar-refractivity contribution >= 4 is 35.0 Å². The summed E-state index contributed by atoms with van der Waals surface area (Å²) in [4.78, 5) is 37.7. The molecule has 2 N–H and O–H groups in total. The summed E-state index contributed by atoms with van der Waals surface area (Å²) in [5.41, 5.74) is 2.69. The van der Waals surface area contributed by atoms with Gasteiger partial charge < -0.3 is 20.4 Å². The van der Waals surface area contributed by atoms with Crippen LogP contribution in [0.3, 0.4) is 0 Å². The van der Waals surface area contributed by atoms with Crippen LogP contribution in [-0.4, -0.2) is 41.4 Å². The predicted molar refractivity (Wildman–Crippen MR) is 131 cm³/mol. The van der Waals surface area contributed by atoms with E-state index in [1.54, 1.807) is 24.1 Å². The molecule has 4 rings (SSSR count). The highest BCUT2D eigenvalue weighted by molar-refractivity contribution is 6.07. The fourth-order valence-corrected chi connectivity index (χ4v) is 3.87. The van der Waals surface area contributed by atoms with Gasteiger partial charge in [0.1, 0.15) is 17.0 Å². The van der Waals surface area contributed by atoms with Crippen LogP contribution in [0.15, 0.2) is 48.5 Å². The molecule has 0 unspecified atom stereocenters. The largest absolute Gasteiger partial charge is 0.350 e. The van der Waals surface area contributed by atoms with E-state index in [0.717, 1.165) is 5.56 Å². The maximum absolute atomic E-state index is 13.0. The van der Waals surface area contributed by atoms with Gasteiger partial charge in [0, 0.05) is 31.9 Å². The first kappa shape index (κ1) is 23.2. The molecule has 1 aliphatic rings. The lowest BCUT2D eigenvalue weighted by Crippen LogP contribution is -2.58.